The van der Waals surface area contributed by atoms with Crippen LogP contribution >= 0.6 is 12.4 Å². The summed E-state index contributed by atoms with van der Waals surface area (Å²) < 4.78 is 15.5. The second-order valence-corrected chi connectivity index (χ2v) is 6.91. The highest BCUT2D eigenvalue weighted by Crippen LogP contribution is 2.32. The first-order chi connectivity index (χ1) is 12.8. The first kappa shape index (κ1) is 21.6. The highest BCUT2D eigenvalue weighted by atomic mass is 35.5. The summed E-state index contributed by atoms with van der Waals surface area (Å²) in [7, 11) is 0. The second kappa shape index (κ2) is 8.54. The number of carboxylic acid groups (broad SMARTS) is 1. The Morgan fingerprint density at radius 2 is 1.89 bits per heavy atom. The Bertz CT molecular complexity index is 1090. The Balaban J connectivity index is 0.00000280. The number of hydrogen-bond acceptors (Lipinski definition) is 3. The zero-order chi connectivity index (χ0) is 19.7. The molecule has 0 bridgehead atoms. The van der Waals surface area contributed by atoms with Crippen LogP contribution in [0.15, 0.2) is 47.3 Å². The van der Waals surface area contributed by atoms with Crippen LogP contribution in [0.25, 0.3) is 21.9 Å². The molecule has 0 unspecified atom stereocenters. The molecular weight excluding hydrogens is 383 g/mol. The molecule has 0 saturated heterocycles. The molecule has 0 amide bonds. The quantitative estimate of drug-likeness (QED) is 0.672. The summed E-state index contributed by atoms with van der Waals surface area (Å²) in [4.78, 5) is 24.5. The third-order valence-electron chi connectivity index (χ3n) is 4.48. The first-order valence-electron chi connectivity index (χ1n) is 8.72. The Labute approximate surface area is 168 Å². The number of carbonyl (C=O) groups is 1. The Morgan fingerprint density at radius 3 is 2.46 bits per heavy atom. The number of rotatable bonds is 5. The third kappa shape index (κ3) is 3.93. The molecule has 7 heteroatoms. The minimum Gasteiger partial charge on any atom is -0.478 e. The Kier molecular flexibility index (Phi) is 6.59. The lowest BCUT2D eigenvalue weighted by Crippen LogP contribution is -2.28. The van der Waals surface area contributed by atoms with Gasteiger partial charge in [0.05, 0.1) is 5.56 Å². The fraction of sp³-hybridized carbons (Fsp3) is 0.238. The van der Waals surface area contributed by atoms with Gasteiger partial charge in [0.15, 0.2) is 0 Å². The Morgan fingerprint density at radius 1 is 1.18 bits per heavy atom. The van der Waals surface area contributed by atoms with Crippen molar-refractivity contribution in [2.75, 3.05) is 0 Å². The zero-order valence-corrected chi connectivity index (χ0v) is 16.4. The van der Waals surface area contributed by atoms with Gasteiger partial charge in [0, 0.05) is 29.7 Å². The van der Waals surface area contributed by atoms with Crippen LogP contribution in [0.4, 0.5) is 4.39 Å². The van der Waals surface area contributed by atoms with E-state index in [9.17, 15) is 19.1 Å². The smallest absolute Gasteiger partial charge is 0.335 e. The maximum Gasteiger partial charge on any atom is 0.335 e. The van der Waals surface area contributed by atoms with Crippen molar-refractivity contribution in [1.82, 2.24) is 4.57 Å². The van der Waals surface area contributed by atoms with E-state index in [4.69, 9.17) is 5.73 Å². The molecule has 1 heterocycles. The van der Waals surface area contributed by atoms with E-state index in [0.717, 1.165) is 0 Å². The summed E-state index contributed by atoms with van der Waals surface area (Å²) in [5, 5.41) is 10.2. The van der Waals surface area contributed by atoms with Crippen molar-refractivity contribution < 1.29 is 14.3 Å². The number of nitrogens with zero attached hydrogens (tertiary/aromatic N) is 1. The topological polar surface area (TPSA) is 85.3 Å². The molecule has 1 aromatic heterocycles. The van der Waals surface area contributed by atoms with E-state index in [1.54, 1.807) is 16.7 Å². The van der Waals surface area contributed by atoms with Crippen LogP contribution in [-0.4, -0.2) is 15.6 Å². The summed E-state index contributed by atoms with van der Waals surface area (Å²) in [6, 6.07) is 10.4. The highest BCUT2D eigenvalue weighted by molar-refractivity contribution is 6.01. The van der Waals surface area contributed by atoms with E-state index in [1.807, 2.05) is 13.8 Å². The zero-order valence-electron chi connectivity index (χ0n) is 15.6. The molecule has 3 aromatic rings. The molecule has 0 spiro atoms. The average molecular weight is 405 g/mol. The molecule has 0 saturated carbocycles. The second-order valence-electron chi connectivity index (χ2n) is 6.91. The van der Waals surface area contributed by atoms with Gasteiger partial charge < -0.3 is 15.4 Å². The Hall–Kier alpha value is -2.70. The van der Waals surface area contributed by atoms with Gasteiger partial charge >= 0.3 is 5.97 Å². The van der Waals surface area contributed by atoms with E-state index >= 15 is 0 Å². The summed E-state index contributed by atoms with van der Waals surface area (Å²) in [6.07, 6.45) is 0. The van der Waals surface area contributed by atoms with Gasteiger partial charge in [-0.15, -0.1) is 12.4 Å². The maximum atomic E-state index is 13.9. The third-order valence-corrected chi connectivity index (χ3v) is 4.48. The number of benzene rings is 2. The molecule has 0 aliphatic rings. The minimum atomic E-state index is -1.09. The summed E-state index contributed by atoms with van der Waals surface area (Å²) in [6.45, 7) is 4.52. The molecule has 0 atom stereocenters. The van der Waals surface area contributed by atoms with Crippen LogP contribution in [-0.2, 0) is 13.1 Å². The number of fused-ring (bicyclic) bond motifs is 1. The number of halogens is 2. The van der Waals surface area contributed by atoms with Gasteiger partial charge in [0.2, 0.25) is 0 Å². The number of pyridine rings is 1. The normalized spacial score (nSPS) is 10.9. The van der Waals surface area contributed by atoms with Crippen LogP contribution < -0.4 is 11.3 Å². The van der Waals surface area contributed by atoms with Gasteiger partial charge in [0.25, 0.3) is 5.56 Å². The number of aromatic nitrogens is 1. The van der Waals surface area contributed by atoms with Crippen LogP contribution in [0.3, 0.4) is 0 Å². The molecule has 0 aliphatic heterocycles. The largest absolute Gasteiger partial charge is 0.478 e. The number of carboxylic acids is 1. The summed E-state index contributed by atoms with van der Waals surface area (Å²) in [5.74, 6) is -1.31. The highest BCUT2D eigenvalue weighted by Gasteiger charge is 2.19. The molecule has 0 fully saturated rings. The van der Waals surface area contributed by atoms with Crippen molar-refractivity contribution in [2.24, 2.45) is 11.7 Å². The van der Waals surface area contributed by atoms with Crippen LogP contribution in [0, 0.1) is 11.7 Å². The van der Waals surface area contributed by atoms with Crippen LogP contribution in [0.2, 0.25) is 0 Å². The molecule has 3 rings (SSSR count). The van der Waals surface area contributed by atoms with Crippen molar-refractivity contribution >= 4 is 29.1 Å². The molecule has 0 radical (unpaired) electrons. The predicted octanol–water partition coefficient (Wildman–Crippen LogP) is 4.04. The molecule has 2 aromatic carbocycles. The standard InChI is InChI=1S/C21H21FN2O3.ClH/c1-12(2)11-24-18(10-23)19(13-4-3-5-15(22)8-13)17-9-14(21(26)27)6-7-16(17)20(24)25;/h3-9,12H,10-11,23H2,1-2H3,(H,26,27);1H. The predicted molar refractivity (Wildman–Crippen MR) is 111 cm³/mol. The van der Waals surface area contributed by atoms with Crippen LogP contribution in [0.5, 0.6) is 0 Å². The first-order valence-corrected chi connectivity index (χ1v) is 8.72. The molecular formula is C21H22ClFN2O3. The van der Waals surface area contributed by atoms with Gasteiger partial charge in [-0.05, 0) is 47.2 Å². The number of aromatic carboxylic acids is 1. The van der Waals surface area contributed by atoms with Crippen molar-refractivity contribution in [2.45, 2.75) is 26.9 Å². The van der Waals surface area contributed by atoms with Crippen molar-refractivity contribution in [3.8, 4) is 11.1 Å². The van der Waals surface area contributed by atoms with Crippen LogP contribution in [0.1, 0.15) is 29.9 Å². The lowest BCUT2D eigenvalue weighted by atomic mass is 9.95. The van der Waals surface area contributed by atoms with Gasteiger partial charge in [-0.25, -0.2) is 9.18 Å². The molecule has 0 aliphatic carbocycles. The van der Waals surface area contributed by atoms with Gasteiger partial charge in [0.1, 0.15) is 5.82 Å². The van der Waals surface area contributed by atoms with E-state index in [2.05, 4.69) is 0 Å². The monoisotopic (exact) mass is 404 g/mol. The summed E-state index contributed by atoms with van der Waals surface area (Å²) in [5.41, 5.74) is 7.54. The van der Waals surface area contributed by atoms with Gasteiger partial charge in [-0.1, -0.05) is 26.0 Å². The van der Waals surface area contributed by atoms with Gasteiger partial charge in [-0.3, -0.25) is 4.79 Å². The number of hydrogen-bond donors (Lipinski definition) is 2. The molecule has 5 nitrogen and oxygen atoms in total. The summed E-state index contributed by atoms with van der Waals surface area (Å²) >= 11 is 0. The molecule has 3 N–H and O–H groups in total. The fourth-order valence-electron chi connectivity index (χ4n) is 3.37. The lowest BCUT2D eigenvalue weighted by Gasteiger charge is -2.20. The number of nitrogens with two attached hydrogens (primary N) is 1. The lowest BCUT2D eigenvalue weighted by molar-refractivity contribution is 0.0697. The van der Waals surface area contributed by atoms with Crippen molar-refractivity contribution in [3.05, 3.63) is 69.9 Å². The van der Waals surface area contributed by atoms with E-state index in [0.29, 0.717) is 34.1 Å². The van der Waals surface area contributed by atoms with E-state index in [-0.39, 0.29) is 36.0 Å². The van der Waals surface area contributed by atoms with E-state index < -0.39 is 11.8 Å². The maximum absolute atomic E-state index is 13.9. The van der Waals surface area contributed by atoms with Crippen molar-refractivity contribution in [1.29, 1.82) is 0 Å². The molecule has 28 heavy (non-hydrogen) atoms. The van der Waals surface area contributed by atoms with Gasteiger partial charge in [-0.2, -0.15) is 0 Å². The minimum absolute atomic E-state index is 0. The average Bonchev–Trinajstić information content (AvgIpc) is 2.62. The fourth-order valence-corrected chi connectivity index (χ4v) is 3.37. The molecule has 148 valence electrons. The van der Waals surface area contributed by atoms with E-state index in [1.165, 1.54) is 30.3 Å². The SMILES string of the molecule is CC(C)Cn1c(CN)c(-c2cccc(F)c2)c2cc(C(=O)O)ccc2c1=O.Cl. The van der Waals surface area contributed by atoms with Crippen molar-refractivity contribution in [3.63, 3.8) is 0 Å².